The average Bonchev–Trinajstić information content (AvgIpc) is 2.40. The molecule has 0 bridgehead atoms. The van der Waals surface area contributed by atoms with Crippen LogP contribution in [0.3, 0.4) is 0 Å². The number of amides is 1. The highest BCUT2D eigenvalue weighted by Gasteiger charge is 2.13. The lowest BCUT2D eigenvalue weighted by atomic mass is 10.2. The van der Waals surface area contributed by atoms with Crippen molar-refractivity contribution in [3.05, 3.63) is 54.1 Å². The van der Waals surface area contributed by atoms with E-state index in [1.54, 1.807) is 12.1 Å². The summed E-state index contributed by atoms with van der Waals surface area (Å²) in [5.74, 6) is -3.96. The van der Waals surface area contributed by atoms with Crippen LogP contribution in [-0.4, -0.2) is 16.6 Å². The van der Waals surface area contributed by atoms with E-state index < -0.39 is 17.6 Å². The van der Waals surface area contributed by atoms with Gasteiger partial charge in [-0.1, -0.05) is 23.9 Å². The van der Waals surface area contributed by atoms with Crippen molar-refractivity contribution >= 4 is 23.4 Å². The molecule has 1 amide bonds. The molecule has 2 aromatic rings. The Morgan fingerprint density at radius 3 is 2.70 bits per heavy atom. The molecule has 1 aromatic heterocycles. The zero-order valence-corrected chi connectivity index (χ0v) is 10.8. The Morgan fingerprint density at radius 1 is 1.25 bits per heavy atom. The molecule has 1 N–H and O–H groups in total. The Hall–Kier alpha value is -2.02. The lowest BCUT2D eigenvalue weighted by Gasteiger charge is -2.10. The minimum absolute atomic E-state index is 0.0642. The lowest BCUT2D eigenvalue weighted by molar-refractivity contribution is 0.102. The van der Waals surface area contributed by atoms with Crippen LogP contribution in [0.4, 0.5) is 18.9 Å². The minimum atomic E-state index is -2.59. The van der Waals surface area contributed by atoms with Gasteiger partial charge in [0.15, 0.2) is 0 Å². The molecule has 0 aliphatic heterocycles. The average molecular weight is 298 g/mol. The molecule has 104 valence electrons. The number of rotatable bonds is 4. The number of hydrogen-bond donors (Lipinski definition) is 1. The Bertz CT molecular complexity index is 622. The highest BCUT2D eigenvalue weighted by molar-refractivity contribution is 7.99. The lowest BCUT2D eigenvalue weighted by Crippen LogP contribution is -2.13. The molecule has 0 aliphatic carbocycles. The van der Waals surface area contributed by atoms with Crippen molar-refractivity contribution in [3.8, 4) is 0 Å². The summed E-state index contributed by atoms with van der Waals surface area (Å²) in [7, 11) is 0. The largest absolute Gasteiger partial charge is 0.321 e. The van der Waals surface area contributed by atoms with Crippen molar-refractivity contribution < 1.29 is 18.0 Å². The van der Waals surface area contributed by atoms with Crippen molar-refractivity contribution in [1.82, 2.24) is 4.98 Å². The number of pyridine rings is 1. The van der Waals surface area contributed by atoms with Crippen LogP contribution < -0.4 is 5.32 Å². The van der Waals surface area contributed by atoms with E-state index in [-0.39, 0.29) is 16.1 Å². The van der Waals surface area contributed by atoms with Crippen LogP contribution in [0.25, 0.3) is 0 Å². The van der Waals surface area contributed by atoms with Gasteiger partial charge in [0.05, 0.1) is 5.69 Å². The smallest absolute Gasteiger partial charge is 0.288 e. The number of nitrogens with one attached hydrogen (secondary N) is 1. The molecule has 0 aliphatic rings. The van der Waals surface area contributed by atoms with Crippen LogP contribution in [0.2, 0.25) is 0 Å². The normalized spacial score (nSPS) is 10.6. The summed E-state index contributed by atoms with van der Waals surface area (Å²) in [5.41, 5.74) is 0.314. The number of aromatic nitrogens is 1. The van der Waals surface area contributed by atoms with E-state index >= 15 is 0 Å². The summed E-state index contributed by atoms with van der Waals surface area (Å²) < 4.78 is 37.7. The first-order chi connectivity index (χ1) is 9.56. The van der Waals surface area contributed by atoms with Gasteiger partial charge < -0.3 is 5.32 Å². The summed E-state index contributed by atoms with van der Waals surface area (Å²) >= 11 is 0.331. The van der Waals surface area contributed by atoms with Crippen molar-refractivity contribution in [3.63, 3.8) is 0 Å². The van der Waals surface area contributed by atoms with Crippen LogP contribution in [0, 0.1) is 5.95 Å². The summed E-state index contributed by atoms with van der Waals surface area (Å²) in [5, 5.41) is 2.47. The second-order valence-electron chi connectivity index (χ2n) is 3.70. The van der Waals surface area contributed by atoms with Crippen LogP contribution >= 0.6 is 11.8 Å². The maximum atomic E-state index is 12.9. The number of halogens is 3. The Kier molecular flexibility index (Phi) is 4.62. The van der Waals surface area contributed by atoms with E-state index in [1.807, 2.05) is 0 Å². The second kappa shape index (κ2) is 6.42. The molecule has 0 unspecified atom stereocenters. The van der Waals surface area contributed by atoms with Gasteiger partial charge in [-0.15, -0.1) is 0 Å². The summed E-state index contributed by atoms with van der Waals surface area (Å²) in [6.45, 7) is 0. The summed E-state index contributed by atoms with van der Waals surface area (Å²) in [4.78, 5) is 15.5. The Labute approximate surface area is 117 Å². The Morgan fingerprint density at radius 2 is 2.00 bits per heavy atom. The molecular formula is C13H9F3N2OS. The zero-order valence-electron chi connectivity index (χ0n) is 10.0. The number of hydrogen-bond acceptors (Lipinski definition) is 3. The van der Waals surface area contributed by atoms with Crippen molar-refractivity contribution in [2.24, 2.45) is 0 Å². The fourth-order valence-electron chi connectivity index (χ4n) is 1.51. The topological polar surface area (TPSA) is 42.0 Å². The number of anilines is 1. The molecule has 3 nitrogen and oxygen atoms in total. The van der Waals surface area contributed by atoms with E-state index in [2.05, 4.69) is 10.3 Å². The van der Waals surface area contributed by atoms with Crippen LogP contribution in [0.1, 0.15) is 10.4 Å². The van der Waals surface area contributed by atoms with E-state index in [9.17, 15) is 18.0 Å². The fraction of sp³-hybridized carbons (Fsp3) is 0.0769. The third-order valence-corrected chi connectivity index (χ3v) is 3.13. The van der Waals surface area contributed by atoms with E-state index in [0.29, 0.717) is 11.8 Å². The zero-order chi connectivity index (χ0) is 14.5. The molecule has 0 radical (unpaired) electrons. The SMILES string of the molecule is O=C(Nc1ccccc1SC(F)F)c1ccnc(F)c1. The van der Waals surface area contributed by atoms with E-state index in [1.165, 1.54) is 18.2 Å². The molecule has 0 saturated heterocycles. The van der Waals surface area contributed by atoms with E-state index in [0.717, 1.165) is 12.3 Å². The van der Waals surface area contributed by atoms with Gasteiger partial charge in [0.2, 0.25) is 5.95 Å². The van der Waals surface area contributed by atoms with Gasteiger partial charge in [-0.25, -0.2) is 4.98 Å². The first-order valence-corrected chi connectivity index (χ1v) is 6.41. The third kappa shape index (κ3) is 3.74. The number of alkyl halides is 2. The van der Waals surface area contributed by atoms with Gasteiger partial charge in [0.1, 0.15) is 0 Å². The maximum Gasteiger partial charge on any atom is 0.288 e. The first-order valence-electron chi connectivity index (χ1n) is 5.53. The molecular weight excluding hydrogens is 289 g/mol. The first kappa shape index (κ1) is 14.4. The maximum absolute atomic E-state index is 12.9. The second-order valence-corrected chi connectivity index (χ2v) is 4.73. The molecule has 0 fully saturated rings. The number of carbonyl (C=O) groups excluding carboxylic acids is 1. The van der Waals surface area contributed by atoms with Crippen LogP contribution in [-0.2, 0) is 0 Å². The van der Waals surface area contributed by atoms with Gasteiger partial charge in [0.25, 0.3) is 11.7 Å². The number of thioether (sulfide) groups is 1. The fourth-order valence-corrected chi connectivity index (χ4v) is 2.10. The third-order valence-electron chi connectivity index (χ3n) is 2.34. The van der Waals surface area contributed by atoms with Gasteiger partial charge in [-0.05, 0) is 18.2 Å². The molecule has 7 heteroatoms. The number of para-hydroxylation sites is 1. The number of nitrogens with zero attached hydrogens (tertiary/aromatic N) is 1. The molecule has 20 heavy (non-hydrogen) atoms. The summed E-state index contributed by atoms with van der Waals surface area (Å²) in [6, 6.07) is 8.48. The van der Waals surface area contributed by atoms with Gasteiger partial charge in [0, 0.05) is 22.7 Å². The number of benzene rings is 1. The van der Waals surface area contributed by atoms with Crippen molar-refractivity contribution in [1.29, 1.82) is 0 Å². The van der Waals surface area contributed by atoms with Gasteiger partial charge in [-0.2, -0.15) is 13.2 Å². The number of carbonyl (C=O) groups is 1. The molecule has 1 heterocycles. The molecule has 0 atom stereocenters. The van der Waals surface area contributed by atoms with Crippen LogP contribution in [0.5, 0.6) is 0 Å². The van der Waals surface area contributed by atoms with Crippen molar-refractivity contribution in [2.45, 2.75) is 10.7 Å². The van der Waals surface area contributed by atoms with E-state index in [4.69, 9.17) is 0 Å². The van der Waals surface area contributed by atoms with Crippen molar-refractivity contribution in [2.75, 3.05) is 5.32 Å². The van der Waals surface area contributed by atoms with Crippen LogP contribution in [0.15, 0.2) is 47.5 Å². The monoisotopic (exact) mass is 298 g/mol. The highest BCUT2D eigenvalue weighted by Crippen LogP contribution is 2.31. The summed E-state index contributed by atoms with van der Waals surface area (Å²) in [6.07, 6.45) is 1.16. The predicted octanol–water partition coefficient (Wildman–Crippen LogP) is 3.79. The van der Waals surface area contributed by atoms with Gasteiger partial charge >= 0.3 is 0 Å². The molecule has 1 aromatic carbocycles. The molecule has 0 saturated carbocycles. The highest BCUT2D eigenvalue weighted by atomic mass is 32.2. The van der Waals surface area contributed by atoms with Gasteiger partial charge in [-0.3, -0.25) is 4.79 Å². The molecule has 2 rings (SSSR count). The predicted molar refractivity (Wildman–Crippen MR) is 70.5 cm³/mol. The minimum Gasteiger partial charge on any atom is -0.321 e. The molecule has 0 spiro atoms. The standard InChI is InChI=1S/C13H9F3N2OS/c14-11-7-8(5-6-17-11)12(19)18-9-3-1-2-4-10(9)20-13(15)16/h1-7,13H,(H,18,19). The Balaban J connectivity index is 2.19. The quantitative estimate of drug-likeness (QED) is 0.690.